The first-order valence-corrected chi connectivity index (χ1v) is 7.14. The van der Waals surface area contributed by atoms with Gasteiger partial charge in [-0.25, -0.2) is 4.68 Å². The van der Waals surface area contributed by atoms with Gasteiger partial charge >= 0.3 is 0 Å². The van der Waals surface area contributed by atoms with E-state index in [0.717, 1.165) is 17.0 Å². The third-order valence-corrected chi connectivity index (χ3v) is 3.29. The third-order valence-electron chi connectivity index (χ3n) is 3.29. The van der Waals surface area contributed by atoms with Crippen LogP contribution in [0, 0.1) is 0 Å². The van der Waals surface area contributed by atoms with Gasteiger partial charge in [0.2, 0.25) is 5.91 Å². The van der Waals surface area contributed by atoms with E-state index < -0.39 is 0 Å². The van der Waals surface area contributed by atoms with Crippen LogP contribution in [0.25, 0.3) is 11.3 Å². The number of nitrogens with one attached hydrogen (secondary N) is 1. The van der Waals surface area contributed by atoms with Gasteiger partial charge in [-0.1, -0.05) is 23.4 Å². The van der Waals surface area contributed by atoms with E-state index in [1.54, 1.807) is 13.3 Å². The van der Waals surface area contributed by atoms with Crippen molar-refractivity contribution < 1.29 is 9.53 Å². The number of rotatable bonds is 5. The van der Waals surface area contributed by atoms with Crippen molar-refractivity contribution in [3.63, 3.8) is 0 Å². The van der Waals surface area contributed by atoms with Gasteiger partial charge < -0.3 is 10.1 Å². The number of hydrogen-bond donors (Lipinski definition) is 1. The Hall–Kier alpha value is -3.15. The molecule has 6 heteroatoms. The van der Waals surface area contributed by atoms with Crippen molar-refractivity contribution in [2.45, 2.75) is 6.54 Å². The maximum atomic E-state index is 12.0. The van der Waals surface area contributed by atoms with Gasteiger partial charge in [0.25, 0.3) is 0 Å². The summed E-state index contributed by atoms with van der Waals surface area (Å²) in [5.74, 6) is 0.630. The highest BCUT2D eigenvalue weighted by atomic mass is 16.5. The van der Waals surface area contributed by atoms with Crippen molar-refractivity contribution in [2.75, 3.05) is 12.4 Å². The van der Waals surface area contributed by atoms with E-state index in [1.807, 2.05) is 54.6 Å². The maximum absolute atomic E-state index is 12.0. The van der Waals surface area contributed by atoms with Crippen LogP contribution in [0.5, 0.6) is 5.75 Å². The Bertz CT molecular complexity index is 782. The summed E-state index contributed by atoms with van der Waals surface area (Å²) in [6, 6.07) is 16.8. The molecule has 2 aromatic carbocycles. The molecule has 1 aromatic heterocycles. The molecule has 1 amide bonds. The summed E-state index contributed by atoms with van der Waals surface area (Å²) in [4.78, 5) is 12.0. The zero-order valence-corrected chi connectivity index (χ0v) is 12.6. The molecule has 116 valence electrons. The summed E-state index contributed by atoms with van der Waals surface area (Å²) in [7, 11) is 1.62. The zero-order valence-electron chi connectivity index (χ0n) is 12.6. The van der Waals surface area contributed by atoms with Crippen LogP contribution in [0.15, 0.2) is 60.8 Å². The summed E-state index contributed by atoms with van der Waals surface area (Å²) >= 11 is 0. The van der Waals surface area contributed by atoms with E-state index in [4.69, 9.17) is 4.74 Å². The fourth-order valence-electron chi connectivity index (χ4n) is 2.14. The number of ether oxygens (including phenoxy) is 1. The number of carbonyl (C=O) groups excluding carboxylic acids is 1. The van der Waals surface area contributed by atoms with Crippen molar-refractivity contribution >= 4 is 11.6 Å². The normalized spacial score (nSPS) is 10.3. The first-order chi connectivity index (χ1) is 11.2. The maximum Gasteiger partial charge on any atom is 0.246 e. The highest BCUT2D eigenvalue weighted by molar-refractivity contribution is 5.90. The summed E-state index contributed by atoms with van der Waals surface area (Å²) in [5, 5.41) is 10.9. The van der Waals surface area contributed by atoms with E-state index in [2.05, 4.69) is 15.6 Å². The van der Waals surface area contributed by atoms with Crippen LogP contribution in [-0.4, -0.2) is 28.0 Å². The summed E-state index contributed by atoms with van der Waals surface area (Å²) < 4.78 is 6.64. The average molecular weight is 308 g/mol. The average Bonchev–Trinajstić information content (AvgIpc) is 3.04. The second-order valence-electron chi connectivity index (χ2n) is 4.94. The molecule has 0 saturated carbocycles. The fourth-order valence-corrected chi connectivity index (χ4v) is 2.14. The Labute approximate surface area is 133 Å². The molecule has 1 N–H and O–H groups in total. The molecule has 0 unspecified atom stereocenters. The molecule has 0 saturated heterocycles. The molecule has 0 aliphatic heterocycles. The molecule has 3 aromatic rings. The van der Waals surface area contributed by atoms with Crippen LogP contribution in [0.3, 0.4) is 0 Å². The molecule has 0 atom stereocenters. The van der Waals surface area contributed by atoms with E-state index in [0.29, 0.717) is 5.69 Å². The van der Waals surface area contributed by atoms with Crippen molar-refractivity contribution in [3.05, 3.63) is 60.8 Å². The quantitative estimate of drug-likeness (QED) is 0.786. The fraction of sp³-hybridized carbons (Fsp3) is 0.118. The van der Waals surface area contributed by atoms with Crippen molar-refractivity contribution in [3.8, 4) is 17.0 Å². The van der Waals surface area contributed by atoms with Crippen LogP contribution in [-0.2, 0) is 11.3 Å². The standard InChI is InChI=1S/C17H16N4O2/c1-23-15-9-7-13(8-10-15)16-11-21(20-19-16)12-17(22)18-14-5-3-2-4-6-14/h2-11H,12H2,1H3,(H,18,22). The van der Waals surface area contributed by atoms with Gasteiger partial charge in [-0.15, -0.1) is 5.10 Å². The minimum Gasteiger partial charge on any atom is -0.497 e. The number of para-hydroxylation sites is 1. The van der Waals surface area contributed by atoms with Crippen LogP contribution in [0.1, 0.15) is 0 Å². The van der Waals surface area contributed by atoms with Crippen LogP contribution >= 0.6 is 0 Å². The second-order valence-corrected chi connectivity index (χ2v) is 4.94. The number of nitrogens with zero attached hydrogens (tertiary/aromatic N) is 3. The van der Waals surface area contributed by atoms with Crippen LogP contribution in [0.4, 0.5) is 5.69 Å². The van der Waals surface area contributed by atoms with Crippen molar-refractivity contribution in [1.29, 1.82) is 0 Å². The second kappa shape index (κ2) is 6.74. The minimum absolute atomic E-state index is 0.109. The molecule has 0 bridgehead atoms. The summed E-state index contributed by atoms with van der Waals surface area (Å²) in [6.45, 7) is 0.109. The predicted octanol–water partition coefficient (Wildman–Crippen LogP) is 2.59. The molecule has 6 nitrogen and oxygen atoms in total. The van der Waals surface area contributed by atoms with E-state index >= 15 is 0 Å². The van der Waals surface area contributed by atoms with Gasteiger partial charge in [-0.3, -0.25) is 4.79 Å². The predicted molar refractivity (Wildman–Crippen MR) is 87.1 cm³/mol. The largest absolute Gasteiger partial charge is 0.497 e. The number of amides is 1. The Morgan fingerprint density at radius 2 is 1.87 bits per heavy atom. The first kappa shape index (κ1) is 14.8. The third kappa shape index (κ3) is 3.74. The molecule has 0 aliphatic rings. The van der Waals surface area contributed by atoms with Crippen molar-refractivity contribution in [2.24, 2.45) is 0 Å². The number of aromatic nitrogens is 3. The van der Waals surface area contributed by atoms with E-state index in [9.17, 15) is 4.79 Å². The van der Waals surface area contributed by atoms with Gasteiger partial charge in [0.1, 0.15) is 18.0 Å². The van der Waals surface area contributed by atoms with Crippen LogP contribution in [0.2, 0.25) is 0 Å². The first-order valence-electron chi connectivity index (χ1n) is 7.14. The Morgan fingerprint density at radius 1 is 1.13 bits per heavy atom. The number of benzene rings is 2. The Kier molecular flexibility index (Phi) is 4.33. The van der Waals surface area contributed by atoms with Crippen molar-refractivity contribution in [1.82, 2.24) is 15.0 Å². The lowest BCUT2D eigenvalue weighted by Crippen LogP contribution is -2.19. The summed E-state index contributed by atoms with van der Waals surface area (Å²) in [6.07, 6.45) is 1.74. The number of methoxy groups -OCH3 is 1. The molecule has 0 fully saturated rings. The molecule has 23 heavy (non-hydrogen) atoms. The van der Waals surface area contributed by atoms with E-state index in [1.165, 1.54) is 4.68 Å². The molecule has 0 aliphatic carbocycles. The molecule has 0 radical (unpaired) electrons. The molecule has 3 rings (SSSR count). The lowest BCUT2D eigenvalue weighted by atomic mass is 10.2. The monoisotopic (exact) mass is 308 g/mol. The SMILES string of the molecule is COc1ccc(-c2cn(CC(=O)Nc3ccccc3)nn2)cc1. The highest BCUT2D eigenvalue weighted by Gasteiger charge is 2.08. The minimum atomic E-state index is -0.151. The van der Waals surface area contributed by atoms with Gasteiger partial charge in [0.05, 0.1) is 13.3 Å². The Morgan fingerprint density at radius 3 is 2.57 bits per heavy atom. The smallest absolute Gasteiger partial charge is 0.246 e. The topological polar surface area (TPSA) is 69.0 Å². The number of anilines is 1. The molecular formula is C17H16N4O2. The molecule has 0 spiro atoms. The number of hydrogen-bond acceptors (Lipinski definition) is 4. The highest BCUT2D eigenvalue weighted by Crippen LogP contribution is 2.19. The van der Waals surface area contributed by atoms with E-state index in [-0.39, 0.29) is 12.5 Å². The number of carbonyl (C=O) groups is 1. The Balaban J connectivity index is 1.65. The summed E-state index contributed by atoms with van der Waals surface area (Å²) in [5.41, 5.74) is 2.38. The van der Waals surface area contributed by atoms with Gasteiger partial charge in [-0.2, -0.15) is 0 Å². The lowest BCUT2D eigenvalue weighted by Gasteiger charge is -2.04. The molecule has 1 heterocycles. The van der Waals surface area contributed by atoms with Gasteiger partial charge in [-0.05, 0) is 36.4 Å². The molecular weight excluding hydrogens is 292 g/mol. The van der Waals surface area contributed by atoms with Gasteiger partial charge in [0, 0.05) is 11.3 Å². The van der Waals surface area contributed by atoms with Crippen LogP contribution < -0.4 is 10.1 Å². The lowest BCUT2D eigenvalue weighted by molar-refractivity contribution is -0.116. The zero-order chi connectivity index (χ0) is 16.1. The van der Waals surface area contributed by atoms with Gasteiger partial charge in [0.15, 0.2) is 0 Å².